The van der Waals surface area contributed by atoms with E-state index >= 15 is 0 Å². The highest BCUT2D eigenvalue weighted by Crippen LogP contribution is 2.23. The van der Waals surface area contributed by atoms with E-state index in [0.29, 0.717) is 11.3 Å². The fourth-order valence-electron chi connectivity index (χ4n) is 2.46. The van der Waals surface area contributed by atoms with Crippen LogP contribution in [-0.2, 0) is 0 Å². The highest BCUT2D eigenvalue weighted by molar-refractivity contribution is 6.00. The van der Waals surface area contributed by atoms with Crippen LogP contribution in [0, 0.1) is 0 Å². The van der Waals surface area contributed by atoms with Crippen molar-refractivity contribution in [1.29, 1.82) is 0 Å². The SMILES string of the molecule is CN(C)C(=O)c1ccc(N)cc1NCCC1=CCCC1. The van der Waals surface area contributed by atoms with Crippen LogP contribution >= 0.6 is 0 Å². The molecule has 1 aromatic carbocycles. The molecular weight excluding hydrogens is 250 g/mol. The van der Waals surface area contributed by atoms with Gasteiger partial charge in [-0.3, -0.25) is 4.79 Å². The number of hydrogen-bond donors (Lipinski definition) is 2. The predicted molar refractivity (Wildman–Crippen MR) is 83.9 cm³/mol. The molecule has 4 heteroatoms. The van der Waals surface area contributed by atoms with Crippen LogP contribution in [0.4, 0.5) is 11.4 Å². The quantitative estimate of drug-likeness (QED) is 0.640. The van der Waals surface area contributed by atoms with E-state index in [2.05, 4.69) is 11.4 Å². The van der Waals surface area contributed by atoms with Crippen LogP contribution < -0.4 is 11.1 Å². The van der Waals surface area contributed by atoms with E-state index in [1.807, 2.05) is 6.07 Å². The Bertz CT molecular complexity index is 520. The molecule has 0 fully saturated rings. The van der Waals surface area contributed by atoms with Crippen LogP contribution in [0.1, 0.15) is 36.0 Å². The number of nitrogen functional groups attached to an aromatic ring is 1. The van der Waals surface area contributed by atoms with Crippen molar-refractivity contribution in [2.75, 3.05) is 31.7 Å². The van der Waals surface area contributed by atoms with Gasteiger partial charge in [0.15, 0.2) is 0 Å². The molecule has 0 saturated heterocycles. The van der Waals surface area contributed by atoms with Gasteiger partial charge in [0.25, 0.3) is 5.91 Å². The van der Waals surface area contributed by atoms with Crippen LogP contribution in [0.25, 0.3) is 0 Å². The summed E-state index contributed by atoms with van der Waals surface area (Å²) in [6.07, 6.45) is 7.05. The number of benzene rings is 1. The number of nitrogens with zero attached hydrogens (tertiary/aromatic N) is 1. The van der Waals surface area contributed by atoms with Gasteiger partial charge in [0.1, 0.15) is 0 Å². The van der Waals surface area contributed by atoms with Gasteiger partial charge in [-0.15, -0.1) is 0 Å². The second kappa shape index (κ2) is 6.46. The van der Waals surface area contributed by atoms with Gasteiger partial charge in [0, 0.05) is 32.0 Å². The van der Waals surface area contributed by atoms with E-state index in [4.69, 9.17) is 5.73 Å². The van der Waals surface area contributed by atoms with Crippen molar-refractivity contribution in [3.05, 3.63) is 35.4 Å². The molecule has 0 aliphatic heterocycles. The molecule has 0 heterocycles. The minimum atomic E-state index is -0.00687. The third-order valence-corrected chi connectivity index (χ3v) is 3.58. The molecule has 0 radical (unpaired) electrons. The Morgan fingerprint density at radius 3 is 2.85 bits per heavy atom. The first-order valence-electron chi connectivity index (χ1n) is 7.11. The van der Waals surface area contributed by atoms with E-state index < -0.39 is 0 Å². The standard InChI is InChI=1S/C16H23N3O/c1-19(2)16(20)14-8-7-13(17)11-15(14)18-10-9-12-5-3-4-6-12/h5,7-8,11,18H,3-4,6,9-10,17H2,1-2H3. The number of carbonyl (C=O) groups is 1. The maximum Gasteiger partial charge on any atom is 0.255 e. The Balaban J connectivity index is 2.05. The summed E-state index contributed by atoms with van der Waals surface area (Å²) in [7, 11) is 3.51. The van der Waals surface area contributed by atoms with Crippen LogP contribution in [0.2, 0.25) is 0 Å². The van der Waals surface area contributed by atoms with Crippen molar-refractivity contribution in [2.45, 2.75) is 25.7 Å². The molecule has 1 aliphatic rings. The van der Waals surface area contributed by atoms with Gasteiger partial charge in [0.2, 0.25) is 0 Å². The van der Waals surface area contributed by atoms with E-state index in [0.717, 1.165) is 18.7 Å². The number of anilines is 2. The summed E-state index contributed by atoms with van der Waals surface area (Å²) in [4.78, 5) is 13.7. The van der Waals surface area contributed by atoms with Crippen molar-refractivity contribution < 1.29 is 4.79 Å². The molecule has 3 N–H and O–H groups in total. The Hall–Kier alpha value is -1.97. The van der Waals surface area contributed by atoms with Crippen LogP contribution in [0.15, 0.2) is 29.8 Å². The van der Waals surface area contributed by atoms with Gasteiger partial charge in [-0.1, -0.05) is 11.6 Å². The summed E-state index contributed by atoms with van der Waals surface area (Å²) in [6, 6.07) is 5.38. The van der Waals surface area contributed by atoms with E-state index in [1.165, 1.54) is 24.8 Å². The fourth-order valence-corrected chi connectivity index (χ4v) is 2.46. The average molecular weight is 273 g/mol. The van der Waals surface area contributed by atoms with E-state index in [1.54, 1.807) is 31.1 Å². The Morgan fingerprint density at radius 1 is 1.40 bits per heavy atom. The topological polar surface area (TPSA) is 58.4 Å². The number of amides is 1. The predicted octanol–water partition coefficient (Wildman–Crippen LogP) is 2.88. The summed E-state index contributed by atoms with van der Waals surface area (Å²) in [5.74, 6) is -0.00687. The molecule has 1 aromatic rings. The first kappa shape index (κ1) is 14.4. The first-order chi connectivity index (χ1) is 9.58. The Morgan fingerprint density at radius 2 is 2.20 bits per heavy atom. The van der Waals surface area contributed by atoms with Crippen molar-refractivity contribution in [2.24, 2.45) is 0 Å². The average Bonchev–Trinajstić information content (AvgIpc) is 2.91. The molecule has 20 heavy (non-hydrogen) atoms. The minimum Gasteiger partial charge on any atom is -0.399 e. The summed E-state index contributed by atoms with van der Waals surface area (Å²) >= 11 is 0. The number of rotatable bonds is 5. The monoisotopic (exact) mass is 273 g/mol. The molecule has 0 unspecified atom stereocenters. The van der Waals surface area contributed by atoms with Crippen molar-refractivity contribution in [3.63, 3.8) is 0 Å². The molecule has 0 atom stereocenters. The first-order valence-corrected chi connectivity index (χ1v) is 7.11. The molecule has 1 amide bonds. The maximum absolute atomic E-state index is 12.1. The largest absolute Gasteiger partial charge is 0.399 e. The van der Waals surface area contributed by atoms with E-state index in [9.17, 15) is 4.79 Å². The Kier molecular flexibility index (Phi) is 4.66. The lowest BCUT2D eigenvalue weighted by molar-refractivity contribution is 0.0828. The molecule has 0 bridgehead atoms. The van der Waals surface area contributed by atoms with Crippen LogP contribution in [0.5, 0.6) is 0 Å². The van der Waals surface area contributed by atoms with Crippen molar-refractivity contribution in [3.8, 4) is 0 Å². The number of nitrogens with two attached hydrogens (primary N) is 1. The smallest absolute Gasteiger partial charge is 0.255 e. The van der Waals surface area contributed by atoms with Crippen LogP contribution in [-0.4, -0.2) is 31.4 Å². The second-order valence-corrected chi connectivity index (χ2v) is 5.44. The molecule has 0 aromatic heterocycles. The second-order valence-electron chi connectivity index (χ2n) is 5.44. The molecule has 0 saturated carbocycles. The van der Waals surface area contributed by atoms with Gasteiger partial charge in [0.05, 0.1) is 5.56 Å². The van der Waals surface area contributed by atoms with Gasteiger partial charge in [-0.2, -0.15) is 0 Å². The third-order valence-electron chi connectivity index (χ3n) is 3.58. The van der Waals surface area contributed by atoms with Crippen molar-refractivity contribution in [1.82, 2.24) is 4.90 Å². The molecule has 0 spiro atoms. The fraction of sp³-hybridized carbons (Fsp3) is 0.438. The molecule has 4 nitrogen and oxygen atoms in total. The number of nitrogens with one attached hydrogen (secondary N) is 1. The van der Waals surface area contributed by atoms with E-state index in [-0.39, 0.29) is 5.91 Å². The van der Waals surface area contributed by atoms with Gasteiger partial charge >= 0.3 is 0 Å². The number of carbonyl (C=O) groups excluding carboxylic acids is 1. The lowest BCUT2D eigenvalue weighted by Crippen LogP contribution is -2.23. The lowest BCUT2D eigenvalue weighted by atomic mass is 10.1. The molecular formula is C16H23N3O. The summed E-state index contributed by atoms with van der Waals surface area (Å²) in [5, 5.41) is 3.35. The Labute approximate surface area is 120 Å². The molecule has 108 valence electrons. The zero-order chi connectivity index (χ0) is 14.5. The third kappa shape index (κ3) is 3.53. The summed E-state index contributed by atoms with van der Waals surface area (Å²) < 4.78 is 0. The zero-order valence-corrected chi connectivity index (χ0v) is 12.3. The molecule has 2 rings (SSSR count). The van der Waals surface area contributed by atoms with Gasteiger partial charge in [-0.25, -0.2) is 0 Å². The highest BCUT2D eigenvalue weighted by atomic mass is 16.2. The number of allylic oxidation sites excluding steroid dienone is 1. The maximum atomic E-state index is 12.1. The zero-order valence-electron chi connectivity index (χ0n) is 12.3. The highest BCUT2D eigenvalue weighted by Gasteiger charge is 2.13. The summed E-state index contributed by atoms with van der Waals surface area (Å²) in [5.41, 5.74) is 9.50. The minimum absolute atomic E-state index is 0.00687. The van der Waals surface area contributed by atoms with Crippen LogP contribution in [0.3, 0.4) is 0 Å². The normalized spacial score (nSPS) is 14.0. The van der Waals surface area contributed by atoms with Gasteiger partial charge < -0.3 is 16.0 Å². The van der Waals surface area contributed by atoms with Gasteiger partial charge in [-0.05, 0) is 43.9 Å². The lowest BCUT2D eigenvalue weighted by Gasteiger charge is -2.16. The number of hydrogen-bond acceptors (Lipinski definition) is 3. The van der Waals surface area contributed by atoms with Crippen molar-refractivity contribution >= 4 is 17.3 Å². The summed E-state index contributed by atoms with van der Waals surface area (Å²) in [6.45, 7) is 0.836. The molecule has 1 aliphatic carbocycles.